The van der Waals surface area contributed by atoms with Gasteiger partial charge in [-0.1, -0.05) is 106 Å². The van der Waals surface area contributed by atoms with E-state index in [2.05, 4.69) is 32.9 Å². The third-order valence-corrected chi connectivity index (χ3v) is 4.88. The molecular weight excluding hydrogens is 336 g/mol. The van der Waals surface area contributed by atoms with Crippen molar-refractivity contribution >= 4 is 0 Å². The molecule has 3 heteroatoms. The first-order valence-electron chi connectivity index (χ1n) is 9.23. The summed E-state index contributed by atoms with van der Waals surface area (Å²) >= 11 is 0. The van der Waals surface area contributed by atoms with Crippen molar-refractivity contribution in [3.8, 4) is 0 Å². The van der Waals surface area contributed by atoms with Crippen LogP contribution in [-0.4, -0.2) is 0 Å². The maximum absolute atomic E-state index is 6.39. The van der Waals surface area contributed by atoms with Crippen molar-refractivity contribution < 1.29 is 14.5 Å². The predicted octanol–water partition coefficient (Wildman–Crippen LogP) is 5.86. The molecule has 138 valence electrons. The summed E-state index contributed by atoms with van der Waals surface area (Å²) in [5.74, 6) is -1.09. The van der Waals surface area contributed by atoms with E-state index < -0.39 is 12.1 Å². The van der Waals surface area contributed by atoms with Gasteiger partial charge < -0.3 is 4.74 Å². The zero-order chi connectivity index (χ0) is 18.9. The van der Waals surface area contributed by atoms with E-state index in [9.17, 15) is 0 Å². The molecule has 3 aromatic rings. The molecule has 0 N–H and O–H groups in total. The number of benzene rings is 3. The summed E-state index contributed by atoms with van der Waals surface area (Å²) in [7, 11) is 0. The van der Waals surface area contributed by atoms with Crippen LogP contribution >= 0.6 is 0 Å². The van der Waals surface area contributed by atoms with Gasteiger partial charge in [-0.15, -0.1) is 0 Å². The Labute approximate surface area is 160 Å². The monoisotopic (exact) mass is 360 g/mol. The molecular formula is C24H24O3. The molecule has 0 spiro atoms. The predicted molar refractivity (Wildman–Crippen MR) is 105 cm³/mol. The quantitative estimate of drug-likeness (QED) is 0.547. The largest absolute Gasteiger partial charge is 0.303 e. The Balaban J connectivity index is 1.68. The molecule has 1 heterocycles. The van der Waals surface area contributed by atoms with Gasteiger partial charge in [-0.2, -0.15) is 9.78 Å². The highest BCUT2D eigenvalue weighted by Crippen LogP contribution is 2.46. The molecule has 27 heavy (non-hydrogen) atoms. The Morgan fingerprint density at radius 1 is 0.704 bits per heavy atom. The van der Waals surface area contributed by atoms with Gasteiger partial charge in [-0.05, 0) is 11.0 Å². The standard InChI is InChI=1S/C24H24O3/c1-23(2,3)19-16-14-18(15-17-19)22-25-24(27-26-22,20-10-6-4-7-11-20)21-12-8-5-9-13-21/h4-17,22H,1-3H3. The second kappa shape index (κ2) is 6.93. The molecule has 0 aliphatic carbocycles. The van der Waals surface area contributed by atoms with Crippen LogP contribution in [0, 0.1) is 0 Å². The minimum Gasteiger partial charge on any atom is -0.303 e. The van der Waals surface area contributed by atoms with Gasteiger partial charge in [0.25, 0.3) is 5.79 Å². The molecule has 1 atom stereocenters. The molecule has 0 aromatic heterocycles. The highest BCUT2D eigenvalue weighted by molar-refractivity contribution is 5.35. The lowest BCUT2D eigenvalue weighted by atomic mass is 9.87. The highest BCUT2D eigenvalue weighted by atomic mass is 17.3. The third-order valence-electron chi connectivity index (χ3n) is 4.88. The van der Waals surface area contributed by atoms with Crippen LogP contribution in [0.5, 0.6) is 0 Å². The Hall–Kier alpha value is -2.46. The zero-order valence-electron chi connectivity index (χ0n) is 15.9. The summed E-state index contributed by atoms with van der Waals surface area (Å²) in [6.45, 7) is 6.59. The van der Waals surface area contributed by atoms with Crippen LogP contribution in [0.3, 0.4) is 0 Å². The van der Waals surface area contributed by atoms with Gasteiger partial charge in [0.05, 0.1) is 0 Å². The maximum Gasteiger partial charge on any atom is 0.256 e. The average molecular weight is 360 g/mol. The Morgan fingerprint density at radius 3 is 1.70 bits per heavy atom. The van der Waals surface area contributed by atoms with E-state index in [1.165, 1.54) is 5.56 Å². The maximum atomic E-state index is 6.39. The van der Waals surface area contributed by atoms with Crippen LogP contribution in [0.15, 0.2) is 84.9 Å². The lowest BCUT2D eigenvalue weighted by Gasteiger charge is -2.26. The topological polar surface area (TPSA) is 27.7 Å². The SMILES string of the molecule is CC(C)(C)c1ccc(C2OOC(c3ccccc3)(c3ccccc3)O2)cc1. The molecule has 3 nitrogen and oxygen atoms in total. The lowest BCUT2D eigenvalue weighted by molar-refractivity contribution is -0.325. The fourth-order valence-electron chi connectivity index (χ4n) is 3.28. The molecule has 1 saturated heterocycles. The summed E-state index contributed by atoms with van der Waals surface area (Å²) in [6.07, 6.45) is -0.598. The number of hydrogen-bond donors (Lipinski definition) is 0. The Morgan fingerprint density at radius 2 is 1.22 bits per heavy atom. The first-order chi connectivity index (χ1) is 13.0. The van der Waals surface area contributed by atoms with E-state index in [1.54, 1.807) is 0 Å². The van der Waals surface area contributed by atoms with Crippen molar-refractivity contribution in [3.63, 3.8) is 0 Å². The smallest absolute Gasteiger partial charge is 0.256 e. The van der Waals surface area contributed by atoms with Crippen LogP contribution < -0.4 is 0 Å². The van der Waals surface area contributed by atoms with Crippen molar-refractivity contribution in [2.75, 3.05) is 0 Å². The van der Waals surface area contributed by atoms with Crippen molar-refractivity contribution in [3.05, 3.63) is 107 Å². The average Bonchev–Trinajstić information content (AvgIpc) is 3.16. The van der Waals surface area contributed by atoms with Gasteiger partial charge >= 0.3 is 0 Å². The summed E-state index contributed by atoms with van der Waals surface area (Å²) in [5, 5.41) is 0. The zero-order valence-corrected chi connectivity index (χ0v) is 15.9. The van der Waals surface area contributed by atoms with Crippen molar-refractivity contribution in [1.29, 1.82) is 0 Å². The lowest BCUT2D eigenvalue weighted by Crippen LogP contribution is -2.28. The second-order valence-electron chi connectivity index (χ2n) is 7.85. The summed E-state index contributed by atoms with van der Waals surface area (Å²) in [6, 6.07) is 28.1. The van der Waals surface area contributed by atoms with E-state index in [0.29, 0.717) is 0 Å². The first kappa shape index (κ1) is 17.9. The van der Waals surface area contributed by atoms with Crippen molar-refractivity contribution in [2.45, 2.75) is 38.3 Å². The van der Waals surface area contributed by atoms with Gasteiger partial charge in [0.1, 0.15) is 0 Å². The Kier molecular flexibility index (Phi) is 4.60. The van der Waals surface area contributed by atoms with Crippen LogP contribution in [0.1, 0.15) is 49.3 Å². The minimum absolute atomic E-state index is 0.101. The van der Waals surface area contributed by atoms with Gasteiger partial charge in [-0.3, -0.25) is 0 Å². The Bertz CT molecular complexity index is 841. The van der Waals surface area contributed by atoms with E-state index in [0.717, 1.165) is 16.7 Å². The van der Waals surface area contributed by atoms with Crippen LogP contribution in [0.4, 0.5) is 0 Å². The molecule has 0 amide bonds. The number of rotatable bonds is 3. The summed E-state index contributed by atoms with van der Waals surface area (Å²) in [4.78, 5) is 11.5. The molecule has 3 aromatic carbocycles. The molecule has 0 bridgehead atoms. The molecule has 1 aliphatic heterocycles. The van der Waals surface area contributed by atoms with Gasteiger partial charge in [-0.25, -0.2) is 0 Å². The van der Waals surface area contributed by atoms with E-state index >= 15 is 0 Å². The number of hydrogen-bond acceptors (Lipinski definition) is 3. The van der Waals surface area contributed by atoms with E-state index in [1.807, 2.05) is 72.8 Å². The molecule has 1 unspecified atom stereocenters. The molecule has 1 aliphatic rings. The second-order valence-corrected chi connectivity index (χ2v) is 7.85. The van der Waals surface area contributed by atoms with Crippen molar-refractivity contribution in [1.82, 2.24) is 0 Å². The van der Waals surface area contributed by atoms with Crippen LogP contribution in [0.25, 0.3) is 0 Å². The van der Waals surface area contributed by atoms with Crippen LogP contribution in [-0.2, 0) is 25.7 Å². The van der Waals surface area contributed by atoms with E-state index in [-0.39, 0.29) is 5.41 Å². The fourth-order valence-corrected chi connectivity index (χ4v) is 3.28. The van der Waals surface area contributed by atoms with Gasteiger partial charge in [0, 0.05) is 16.7 Å². The minimum atomic E-state index is -1.09. The highest BCUT2D eigenvalue weighted by Gasteiger charge is 2.47. The summed E-state index contributed by atoms with van der Waals surface area (Å²) in [5.41, 5.74) is 4.08. The third kappa shape index (κ3) is 3.42. The molecule has 0 saturated carbocycles. The molecule has 1 fully saturated rings. The van der Waals surface area contributed by atoms with Crippen molar-refractivity contribution in [2.24, 2.45) is 0 Å². The van der Waals surface area contributed by atoms with Crippen LogP contribution in [0.2, 0.25) is 0 Å². The first-order valence-corrected chi connectivity index (χ1v) is 9.23. The van der Waals surface area contributed by atoms with E-state index in [4.69, 9.17) is 14.5 Å². The van der Waals surface area contributed by atoms with Gasteiger partial charge in [0.2, 0.25) is 6.29 Å². The summed E-state index contributed by atoms with van der Waals surface area (Å²) < 4.78 is 6.39. The van der Waals surface area contributed by atoms with Gasteiger partial charge in [0.15, 0.2) is 0 Å². The number of ether oxygens (including phenoxy) is 1. The fraction of sp³-hybridized carbons (Fsp3) is 0.250. The molecule has 4 rings (SSSR count). The molecule has 0 radical (unpaired) electrons. The normalized spacial score (nSPS) is 19.1.